The zero-order valence-electron chi connectivity index (χ0n) is 14.7. The number of carboxylic acid groups (broad SMARTS) is 1. The molecule has 0 aliphatic rings. The quantitative estimate of drug-likeness (QED) is 0.646. The Kier molecular flexibility index (Phi) is 7.47. The number of carboxylic acids is 1. The predicted octanol–water partition coefficient (Wildman–Crippen LogP) is 3.54. The van der Waals surface area contributed by atoms with Gasteiger partial charge in [-0.25, -0.2) is 18.4 Å². The van der Waals surface area contributed by atoms with E-state index in [2.05, 4.69) is 4.74 Å². The minimum Gasteiger partial charge on any atom is -0.478 e. The summed E-state index contributed by atoms with van der Waals surface area (Å²) in [5.74, 6) is -4.27. The van der Waals surface area contributed by atoms with Gasteiger partial charge in [0.05, 0.1) is 18.2 Å². The molecule has 0 saturated heterocycles. The largest absolute Gasteiger partial charge is 0.478 e. The first-order chi connectivity index (χ1) is 12.6. The molecule has 0 aromatic heterocycles. The van der Waals surface area contributed by atoms with Crippen molar-refractivity contribution in [2.75, 3.05) is 7.11 Å². The molecule has 2 aromatic carbocycles. The lowest BCUT2D eigenvalue weighted by Crippen LogP contribution is -2.05. The maximum Gasteiger partial charge on any atom is 0.340 e. The van der Waals surface area contributed by atoms with E-state index in [1.54, 1.807) is 0 Å². The molecule has 0 aliphatic carbocycles. The van der Waals surface area contributed by atoms with Crippen molar-refractivity contribution in [1.29, 1.82) is 0 Å². The predicted molar refractivity (Wildman–Crippen MR) is 91.1 cm³/mol. The van der Waals surface area contributed by atoms with E-state index in [9.17, 15) is 28.0 Å². The van der Waals surface area contributed by atoms with Gasteiger partial charge < -0.3 is 9.84 Å². The molecular formula is C19H16F2O6. The molecule has 0 bridgehead atoms. The lowest BCUT2D eigenvalue weighted by Gasteiger charge is -2.01. The number of rotatable bonds is 4. The van der Waals surface area contributed by atoms with Gasteiger partial charge >= 0.3 is 11.9 Å². The van der Waals surface area contributed by atoms with Gasteiger partial charge in [0.15, 0.2) is 11.6 Å². The summed E-state index contributed by atoms with van der Waals surface area (Å²) in [6, 6.07) is 6.93. The Bertz CT molecular complexity index is 905. The van der Waals surface area contributed by atoms with E-state index >= 15 is 0 Å². The second-order valence-electron chi connectivity index (χ2n) is 5.30. The highest BCUT2D eigenvalue weighted by molar-refractivity contribution is 5.96. The van der Waals surface area contributed by atoms with Crippen LogP contribution in [0.15, 0.2) is 36.4 Å². The van der Waals surface area contributed by atoms with Crippen LogP contribution in [0.4, 0.5) is 8.78 Å². The first-order valence-electron chi connectivity index (χ1n) is 7.51. The smallest absolute Gasteiger partial charge is 0.340 e. The lowest BCUT2D eigenvalue weighted by molar-refractivity contribution is 0.0594. The van der Waals surface area contributed by atoms with E-state index in [1.165, 1.54) is 39.2 Å². The van der Waals surface area contributed by atoms with Crippen LogP contribution in [0.1, 0.15) is 55.3 Å². The van der Waals surface area contributed by atoms with Crippen LogP contribution in [0.3, 0.4) is 0 Å². The van der Waals surface area contributed by atoms with E-state index < -0.39 is 29.1 Å². The number of benzene rings is 2. The maximum atomic E-state index is 13.2. The molecule has 0 aliphatic heterocycles. The summed E-state index contributed by atoms with van der Waals surface area (Å²) in [6.07, 6.45) is 0. The molecule has 0 fully saturated rings. The Labute approximate surface area is 153 Å². The van der Waals surface area contributed by atoms with E-state index in [-0.39, 0.29) is 28.3 Å². The van der Waals surface area contributed by atoms with Crippen LogP contribution in [0, 0.1) is 11.6 Å². The lowest BCUT2D eigenvalue weighted by atomic mass is 10.1. The summed E-state index contributed by atoms with van der Waals surface area (Å²) in [5, 5.41) is 8.47. The second-order valence-corrected chi connectivity index (χ2v) is 5.30. The number of methoxy groups -OCH3 is 1. The summed E-state index contributed by atoms with van der Waals surface area (Å²) in [4.78, 5) is 43.0. The number of carbonyl (C=O) groups is 4. The highest BCUT2D eigenvalue weighted by atomic mass is 19.1. The standard InChI is InChI=1S/C10H9FO3.C9H7FO3/c1-6(12)7-3-4-8(9(11)5-7)10(13)14-2;1-5(11)6-2-3-7(9(12)13)8(10)4-6/h3-5H,1-2H3;2-4H,1H3,(H,12,13). The monoisotopic (exact) mass is 378 g/mol. The van der Waals surface area contributed by atoms with E-state index in [4.69, 9.17) is 5.11 Å². The molecule has 0 saturated carbocycles. The van der Waals surface area contributed by atoms with Gasteiger partial charge in [-0.2, -0.15) is 0 Å². The molecule has 0 radical (unpaired) electrons. The van der Waals surface area contributed by atoms with Gasteiger partial charge in [-0.05, 0) is 38.1 Å². The van der Waals surface area contributed by atoms with Gasteiger partial charge in [0.25, 0.3) is 0 Å². The fraction of sp³-hybridized carbons (Fsp3) is 0.158. The first-order valence-corrected chi connectivity index (χ1v) is 7.51. The average molecular weight is 378 g/mol. The minimum atomic E-state index is -1.34. The average Bonchev–Trinajstić information content (AvgIpc) is 2.60. The molecular weight excluding hydrogens is 362 g/mol. The van der Waals surface area contributed by atoms with Crippen LogP contribution >= 0.6 is 0 Å². The van der Waals surface area contributed by atoms with Crippen molar-refractivity contribution in [3.63, 3.8) is 0 Å². The molecule has 2 rings (SSSR count). The molecule has 0 spiro atoms. The molecule has 8 heteroatoms. The van der Waals surface area contributed by atoms with Crippen LogP contribution < -0.4 is 0 Å². The molecule has 1 N–H and O–H groups in total. The van der Waals surface area contributed by atoms with Crippen molar-refractivity contribution in [2.24, 2.45) is 0 Å². The summed E-state index contributed by atoms with van der Waals surface area (Å²) in [5.41, 5.74) is -0.194. The molecule has 0 amide bonds. The summed E-state index contributed by atoms with van der Waals surface area (Å²) in [6.45, 7) is 2.61. The Hall–Kier alpha value is -3.42. The van der Waals surface area contributed by atoms with Crippen molar-refractivity contribution >= 4 is 23.5 Å². The zero-order valence-corrected chi connectivity index (χ0v) is 14.7. The fourth-order valence-electron chi connectivity index (χ4n) is 1.92. The Balaban J connectivity index is 0.000000271. The van der Waals surface area contributed by atoms with E-state index in [0.717, 1.165) is 18.2 Å². The summed E-state index contributed by atoms with van der Waals surface area (Å²) in [7, 11) is 1.17. The van der Waals surface area contributed by atoms with Gasteiger partial charge in [0, 0.05) is 11.1 Å². The van der Waals surface area contributed by atoms with Crippen molar-refractivity contribution in [3.05, 3.63) is 70.3 Å². The minimum absolute atomic E-state index is 0.169. The van der Waals surface area contributed by atoms with Crippen LogP contribution in [-0.2, 0) is 4.74 Å². The number of hydrogen-bond donors (Lipinski definition) is 1. The Morgan fingerprint density at radius 3 is 1.52 bits per heavy atom. The summed E-state index contributed by atoms with van der Waals surface area (Å²) < 4.78 is 30.5. The van der Waals surface area contributed by atoms with Gasteiger partial charge in [-0.15, -0.1) is 0 Å². The van der Waals surface area contributed by atoms with E-state index in [0.29, 0.717) is 0 Å². The first kappa shape index (κ1) is 21.6. The zero-order chi connectivity index (χ0) is 20.7. The SMILES string of the molecule is CC(=O)c1ccc(C(=O)O)c(F)c1.COC(=O)c1ccc(C(C)=O)cc1F. The van der Waals surface area contributed by atoms with Crippen molar-refractivity contribution < 1.29 is 37.8 Å². The molecule has 0 unspecified atom stereocenters. The maximum absolute atomic E-state index is 13.2. The number of ketones is 2. The van der Waals surface area contributed by atoms with Crippen LogP contribution in [0.5, 0.6) is 0 Å². The highest BCUT2D eigenvalue weighted by Crippen LogP contribution is 2.12. The molecule has 0 atom stereocenters. The third-order valence-electron chi connectivity index (χ3n) is 3.39. The molecule has 2 aromatic rings. The number of aromatic carboxylic acids is 1. The third-order valence-corrected chi connectivity index (χ3v) is 3.39. The number of esters is 1. The van der Waals surface area contributed by atoms with Crippen LogP contribution in [0.2, 0.25) is 0 Å². The normalized spacial score (nSPS) is 9.67. The van der Waals surface area contributed by atoms with Crippen LogP contribution in [0.25, 0.3) is 0 Å². The number of halogens is 2. The second kappa shape index (κ2) is 9.33. The Morgan fingerprint density at radius 2 is 1.22 bits per heavy atom. The number of carbonyl (C=O) groups excluding carboxylic acids is 3. The molecule has 142 valence electrons. The topological polar surface area (TPSA) is 97.7 Å². The van der Waals surface area contributed by atoms with Crippen molar-refractivity contribution in [1.82, 2.24) is 0 Å². The Morgan fingerprint density at radius 1 is 0.815 bits per heavy atom. The fourth-order valence-corrected chi connectivity index (χ4v) is 1.92. The van der Waals surface area contributed by atoms with Gasteiger partial charge in [-0.1, -0.05) is 12.1 Å². The molecule has 0 heterocycles. The molecule has 27 heavy (non-hydrogen) atoms. The highest BCUT2D eigenvalue weighted by Gasteiger charge is 2.13. The van der Waals surface area contributed by atoms with Gasteiger partial charge in [0.2, 0.25) is 0 Å². The summed E-state index contributed by atoms with van der Waals surface area (Å²) >= 11 is 0. The van der Waals surface area contributed by atoms with E-state index in [1.807, 2.05) is 0 Å². The van der Waals surface area contributed by atoms with Crippen molar-refractivity contribution in [2.45, 2.75) is 13.8 Å². The molecule has 6 nitrogen and oxygen atoms in total. The van der Waals surface area contributed by atoms with Crippen molar-refractivity contribution in [3.8, 4) is 0 Å². The third kappa shape index (κ3) is 5.81. The van der Waals surface area contributed by atoms with Gasteiger partial charge in [-0.3, -0.25) is 9.59 Å². The van der Waals surface area contributed by atoms with Gasteiger partial charge in [0.1, 0.15) is 11.6 Å². The number of ether oxygens (including phenoxy) is 1. The van der Waals surface area contributed by atoms with Crippen LogP contribution in [-0.4, -0.2) is 35.7 Å². The number of hydrogen-bond acceptors (Lipinski definition) is 5. The number of Topliss-reactive ketones (excluding diaryl/α,β-unsaturated/α-hetero) is 2.